The molecule has 1 unspecified atom stereocenters. The zero-order valence-electron chi connectivity index (χ0n) is 14.0. The number of hydrogen-bond donors (Lipinski definition) is 1. The molecule has 0 heterocycles. The molecule has 0 saturated heterocycles. The molecule has 5 nitrogen and oxygen atoms in total. The van der Waals surface area contributed by atoms with E-state index in [0.29, 0.717) is 12.0 Å². The van der Waals surface area contributed by atoms with E-state index in [1.165, 1.54) is 48.5 Å². The number of carbonyl (C=O) groups excluding carboxylic acids is 1. The van der Waals surface area contributed by atoms with Crippen LogP contribution in [-0.2, 0) is 21.4 Å². The maximum atomic E-state index is 12.8. The maximum Gasteiger partial charge on any atom is 0.338 e. The average Bonchev–Trinajstić information content (AvgIpc) is 2.60. The van der Waals surface area contributed by atoms with Crippen molar-refractivity contribution in [2.45, 2.75) is 37.8 Å². The first kappa shape index (κ1) is 19.1. The lowest BCUT2D eigenvalue weighted by Gasteiger charge is -2.12. The Morgan fingerprint density at radius 3 is 2.28 bits per heavy atom. The van der Waals surface area contributed by atoms with E-state index in [1.54, 1.807) is 6.92 Å². The number of halogens is 1. The van der Waals surface area contributed by atoms with Gasteiger partial charge in [0.25, 0.3) is 0 Å². The van der Waals surface area contributed by atoms with Crippen LogP contribution in [0.2, 0.25) is 0 Å². The second kappa shape index (κ2) is 8.22. The van der Waals surface area contributed by atoms with Crippen molar-refractivity contribution in [3.05, 3.63) is 65.5 Å². The van der Waals surface area contributed by atoms with Gasteiger partial charge in [-0.3, -0.25) is 0 Å². The van der Waals surface area contributed by atoms with Gasteiger partial charge in [-0.2, -0.15) is 0 Å². The lowest BCUT2D eigenvalue weighted by molar-refractivity contribution is 0.0472. The molecule has 0 aliphatic heterocycles. The minimum Gasteiger partial charge on any atom is -0.457 e. The van der Waals surface area contributed by atoms with E-state index in [2.05, 4.69) is 4.72 Å². The van der Waals surface area contributed by atoms with Crippen LogP contribution in [0.25, 0.3) is 0 Å². The van der Waals surface area contributed by atoms with Crippen molar-refractivity contribution in [3.8, 4) is 0 Å². The van der Waals surface area contributed by atoms with Crippen LogP contribution in [0.5, 0.6) is 0 Å². The van der Waals surface area contributed by atoms with Gasteiger partial charge in [-0.15, -0.1) is 0 Å². The van der Waals surface area contributed by atoms with E-state index in [4.69, 9.17) is 4.74 Å². The highest BCUT2D eigenvalue weighted by molar-refractivity contribution is 7.89. The number of esters is 1. The van der Waals surface area contributed by atoms with Crippen molar-refractivity contribution in [1.29, 1.82) is 0 Å². The van der Waals surface area contributed by atoms with Crippen LogP contribution in [0.4, 0.5) is 4.39 Å². The molecule has 0 aliphatic rings. The van der Waals surface area contributed by atoms with Crippen molar-refractivity contribution >= 4 is 16.0 Å². The minimum atomic E-state index is -3.61. The van der Waals surface area contributed by atoms with Crippen LogP contribution in [0.3, 0.4) is 0 Å². The fourth-order valence-corrected chi connectivity index (χ4v) is 3.33. The fourth-order valence-electron chi connectivity index (χ4n) is 2.00. The van der Waals surface area contributed by atoms with Crippen LogP contribution >= 0.6 is 0 Å². The predicted molar refractivity (Wildman–Crippen MR) is 92.0 cm³/mol. The van der Waals surface area contributed by atoms with Crippen LogP contribution in [0, 0.1) is 5.82 Å². The Labute approximate surface area is 146 Å². The summed E-state index contributed by atoms with van der Waals surface area (Å²) in [4.78, 5) is 12.1. The summed E-state index contributed by atoms with van der Waals surface area (Å²) >= 11 is 0. The maximum absolute atomic E-state index is 12.8. The highest BCUT2D eigenvalue weighted by Gasteiger charge is 2.17. The molecule has 0 saturated carbocycles. The van der Waals surface area contributed by atoms with Gasteiger partial charge in [0.1, 0.15) is 12.4 Å². The van der Waals surface area contributed by atoms with Gasteiger partial charge in [0.05, 0.1) is 10.5 Å². The van der Waals surface area contributed by atoms with Crippen LogP contribution in [-0.4, -0.2) is 20.4 Å². The van der Waals surface area contributed by atoms with Crippen molar-refractivity contribution in [2.75, 3.05) is 0 Å². The molecule has 2 aromatic carbocycles. The lowest BCUT2D eigenvalue weighted by atomic mass is 10.2. The molecule has 1 atom stereocenters. The average molecular weight is 365 g/mol. The predicted octanol–water partition coefficient (Wildman–Crippen LogP) is 3.26. The van der Waals surface area contributed by atoms with E-state index >= 15 is 0 Å². The third-order valence-corrected chi connectivity index (χ3v) is 5.26. The molecule has 0 radical (unpaired) electrons. The van der Waals surface area contributed by atoms with Gasteiger partial charge in [0, 0.05) is 6.04 Å². The minimum absolute atomic E-state index is 0.00866. The van der Waals surface area contributed by atoms with E-state index in [9.17, 15) is 17.6 Å². The van der Waals surface area contributed by atoms with Gasteiger partial charge in [-0.25, -0.2) is 22.3 Å². The Balaban J connectivity index is 2.01. The Kier molecular flexibility index (Phi) is 6.27. The summed E-state index contributed by atoms with van der Waals surface area (Å²) in [7, 11) is -3.61. The van der Waals surface area contributed by atoms with Gasteiger partial charge in [0.2, 0.25) is 10.0 Å². The Hall–Kier alpha value is -2.25. The quantitative estimate of drug-likeness (QED) is 0.765. The molecule has 2 rings (SSSR count). The van der Waals surface area contributed by atoms with Gasteiger partial charge in [-0.1, -0.05) is 19.1 Å². The zero-order valence-corrected chi connectivity index (χ0v) is 14.8. The molecule has 2 aromatic rings. The van der Waals surface area contributed by atoms with Crippen LogP contribution in [0.15, 0.2) is 53.4 Å². The summed E-state index contributed by atoms with van der Waals surface area (Å²) < 4.78 is 44.8. The molecular weight excluding hydrogens is 345 g/mol. The Bertz CT molecular complexity index is 817. The lowest BCUT2D eigenvalue weighted by Crippen LogP contribution is -2.32. The third-order valence-electron chi connectivity index (χ3n) is 3.65. The summed E-state index contributed by atoms with van der Waals surface area (Å²) in [5.74, 6) is -0.943. The van der Waals surface area contributed by atoms with E-state index in [-0.39, 0.29) is 28.9 Å². The summed E-state index contributed by atoms with van der Waals surface area (Å²) in [6, 6.07) is 11.0. The summed E-state index contributed by atoms with van der Waals surface area (Å²) in [5.41, 5.74) is 0.899. The number of sulfonamides is 1. The SMILES string of the molecule is CCC(C)NS(=O)(=O)c1ccc(C(=O)OCc2ccc(F)cc2)cc1. The first-order valence-electron chi connectivity index (χ1n) is 7.86. The standard InChI is InChI=1S/C18H20FNO4S/c1-3-13(2)20-25(22,23)17-10-6-15(7-11-17)18(21)24-12-14-4-8-16(19)9-5-14/h4-11,13,20H,3,12H2,1-2H3. The van der Waals surface area contributed by atoms with E-state index < -0.39 is 16.0 Å². The topological polar surface area (TPSA) is 72.5 Å². The smallest absolute Gasteiger partial charge is 0.338 e. The largest absolute Gasteiger partial charge is 0.457 e. The van der Waals surface area contributed by atoms with Gasteiger partial charge < -0.3 is 4.74 Å². The molecule has 25 heavy (non-hydrogen) atoms. The first-order valence-corrected chi connectivity index (χ1v) is 9.34. The number of benzene rings is 2. The zero-order chi connectivity index (χ0) is 18.4. The molecule has 0 amide bonds. The molecule has 0 spiro atoms. The highest BCUT2D eigenvalue weighted by Crippen LogP contribution is 2.13. The van der Waals surface area contributed by atoms with Gasteiger partial charge in [-0.05, 0) is 55.3 Å². The molecule has 0 fully saturated rings. The first-order chi connectivity index (χ1) is 11.8. The Morgan fingerprint density at radius 1 is 1.12 bits per heavy atom. The third kappa shape index (κ3) is 5.37. The van der Waals surface area contributed by atoms with Crippen molar-refractivity contribution in [3.63, 3.8) is 0 Å². The number of nitrogens with one attached hydrogen (secondary N) is 1. The van der Waals surface area contributed by atoms with E-state index in [0.717, 1.165) is 0 Å². The van der Waals surface area contributed by atoms with Crippen molar-refractivity contribution in [1.82, 2.24) is 4.72 Å². The number of rotatable bonds is 7. The molecule has 0 aromatic heterocycles. The van der Waals surface area contributed by atoms with Crippen molar-refractivity contribution in [2.24, 2.45) is 0 Å². The monoisotopic (exact) mass is 365 g/mol. The second-order valence-electron chi connectivity index (χ2n) is 5.66. The van der Waals surface area contributed by atoms with Gasteiger partial charge >= 0.3 is 5.97 Å². The van der Waals surface area contributed by atoms with E-state index in [1.807, 2.05) is 6.92 Å². The van der Waals surface area contributed by atoms with Crippen LogP contribution < -0.4 is 4.72 Å². The summed E-state index contributed by atoms with van der Waals surface area (Å²) in [6.07, 6.45) is 0.674. The van der Waals surface area contributed by atoms with Crippen LogP contribution in [0.1, 0.15) is 36.2 Å². The molecule has 7 heteroatoms. The van der Waals surface area contributed by atoms with Gasteiger partial charge in [0.15, 0.2) is 0 Å². The number of hydrogen-bond acceptors (Lipinski definition) is 4. The molecular formula is C18H20FNO4S. The second-order valence-corrected chi connectivity index (χ2v) is 7.37. The molecule has 0 bridgehead atoms. The Morgan fingerprint density at radius 2 is 1.72 bits per heavy atom. The summed E-state index contributed by atoms with van der Waals surface area (Å²) in [5, 5.41) is 0. The fraction of sp³-hybridized carbons (Fsp3) is 0.278. The molecule has 134 valence electrons. The normalized spacial score (nSPS) is 12.6. The number of carbonyl (C=O) groups is 1. The van der Waals surface area contributed by atoms with Crippen molar-refractivity contribution < 1.29 is 22.3 Å². The highest BCUT2D eigenvalue weighted by atomic mass is 32.2. The molecule has 1 N–H and O–H groups in total. The number of ether oxygens (including phenoxy) is 1. The summed E-state index contributed by atoms with van der Waals surface area (Å²) in [6.45, 7) is 3.67. The molecule has 0 aliphatic carbocycles.